The van der Waals surface area contributed by atoms with Crippen molar-refractivity contribution < 1.29 is 23.9 Å². The third kappa shape index (κ3) is 7.13. The molecule has 0 aromatic heterocycles. The zero-order chi connectivity index (χ0) is 18.8. The van der Waals surface area contributed by atoms with Crippen LogP contribution in [0.3, 0.4) is 0 Å². The Morgan fingerprint density at radius 1 is 1.04 bits per heavy atom. The normalized spacial score (nSPS) is 14.3. The molecule has 0 spiro atoms. The molecular formula is C19H26N2O5. The molecule has 0 saturated heterocycles. The van der Waals surface area contributed by atoms with E-state index in [1.54, 1.807) is 12.1 Å². The van der Waals surface area contributed by atoms with Crippen molar-refractivity contribution in [2.75, 3.05) is 13.2 Å². The van der Waals surface area contributed by atoms with Crippen molar-refractivity contribution in [2.45, 2.75) is 51.5 Å². The van der Waals surface area contributed by atoms with Crippen LogP contribution in [-0.2, 0) is 20.7 Å². The Morgan fingerprint density at radius 3 is 2.38 bits per heavy atom. The maximum absolute atomic E-state index is 11.7. The summed E-state index contributed by atoms with van der Waals surface area (Å²) < 4.78 is 10.1. The molecule has 1 aliphatic rings. The SMILES string of the molecule is CCc1ccc(OCC(=O)OCC(=O)NC(=O)NC2CCCCC2)cc1. The number of hydrogen-bond donors (Lipinski definition) is 2. The van der Waals surface area contributed by atoms with E-state index in [9.17, 15) is 14.4 Å². The molecule has 2 N–H and O–H groups in total. The Kier molecular flexibility index (Phi) is 7.92. The smallest absolute Gasteiger partial charge is 0.344 e. The van der Waals surface area contributed by atoms with E-state index in [1.165, 1.54) is 12.0 Å². The van der Waals surface area contributed by atoms with Crippen LogP contribution in [0.5, 0.6) is 5.75 Å². The van der Waals surface area contributed by atoms with E-state index in [0.717, 1.165) is 32.1 Å². The fraction of sp³-hybridized carbons (Fsp3) is 0.526. The van der Waals surface area contributed by atoms with Gasteiger partial charge in [-0.05, 0) is 37.0 Å². The minimum atomic E-state index is -0.674. The second-order valence-electron chi connectivity index (χ2n) is 6.30. The molecule has 3 amide bonds. The summed E-state index contributed by atoms with van der Waals surface area (Å²) in [6.07, 6.45) is 6.11. The van der Waals surface area contributed by atoms with Crippen molar-refractivity contribution in [1.29, 1.82) is 0 Å². The summed E-state index contributed by atoms with van der Waals surface area (Å²) in [6.45, 7) is 1.23. The Labute approximate surface area is 153 Å². The van der Waals surface area contributed by atoms with Crippen molar-refractivity contribution in [3.63, 3.8) is 0 Å². The molecule has 0 heterocycles. The van der Waals surface area contributed by atoms with Gasteiger partial charge < -0.3 is 14.8 Å². The van der Waals surface area contributed by atoms with Crippen LogP contribution in [-0.4, -0.2) is 37.2 Å². The van der Waals surface area contributed by atoms with Crippen LogP contribution >= 0.6 is 0 Å². The summed E-state index contributed by atoms with van der Waals surface area (Å²) in [7, 11) is 0. The molecule has 1 saturated carbocycles. The summed E-state index contributed by atoms with van der Waals surface area (Å²) in [4.78, 5) is 35.0. The van der Waals surface area contributed by atoms with Crippen LogP contribution in [0.2, 0.25) is 0 Å². The van der Waals surface area contributed by atoms with Gasteiger partial charge in [0.1, 0.15) is 5.75 Å². The number of rotatable bonds is 7. The average Bonchev–Trinajstić information content (AvgIpc) is 2.65. The van der Waals surface area contributed by atoms with E-state index in [-0.39, 0.29) is 12.6 Å². The Bertz CT molecular complexity index is 609. The lowest BCUT2D eigenvalue weighted by Crippen LogP contribution is -2.46. The molecule has 0 unspecified atom stereocenters. The minimum absolute atomic E-state index is 0.103. The van der Waals surface area contributed by atoms with Gasteiger partial charge in [0.25, 0.3) is 5.91 Å². The summed E-state index contributed by atoms with van der Waals surface area (Å²) in [5.74, 6) is -0.790. The third-order valence-electron chi connectivity index (χ3n) is 4.25. The maximum Gasteiger partial charge on any atom is 0.344 e. The number of imide groups is 1. The molecule has 0 radical (unpaired) electrons. The lowest BCUT2D eigenvalue weighted by atomic mass is 9.96. The summed E-state index contributed by atoms with van der Waals surface area (Å²) in [6, 6.07) is 6.93. The molecule has 7 heteroatoms. The Hall–Kier alpha value is -2.57. The second kappa shape index (κ2) is 10.4. The summed E-state index contributed by atoms with van der Waals surface area (Å²) in [5, 5.41) is 4.92. The van der Waals surface area contributed by atoms with Crippen molar-refractivity contribution in [2.24, 2.45) is 0 Å². The molecule has 0 atom stereocenters. The molecule has 0 bridgehead atoms. The highest BCUT2D eigenvalue weighted by Gasteiger charge is 2.17. The molecule has 2 rings (SSSR count). The number of aryl methyl sites for hydroxylation is 1. The van der Waals surface area contributed by atoms with Crippen LogP contribution in [0.25, 0.3) is 0 Å². The van der Waals surface area contributed by atoms with E-state index in [4.69, 9.17) is 9.47 Å². The number of urea groups is 1. The largest absolute Gasteiger partial charge is 0.482 e. The quantitative estimate of drug-likeness (QED) is 0.726. The molecule has 26 heavy (non-hydrogen) atoms. The fourth-order valence-electron chi connectivity index (χ4n) is 2.78. The molecular weight excluding hydrogens is 336 g/mol. The first-order valence-corrected chi connectivity index (χ1v) is 9.04. The molecule has 1 fully saturated rings. The minimum Gasteiger partial charge on any atom is -0.482 e. The van der Waals surface area contributed by atoms with Gasteiger partial charge in [-0.25, -0.2) is 9.59 Å². The standard InChI is InChI=1S/C19H26N2O5/c1-2-14-8-10-16(11-9-14)25-13-18(23)26-12-17(22)21-19(24)20-15-6-4-3-5-7-15/h8-11,15H,2-7,12-13H2,1H3,(H2,20,21,22,24). The van der Waals surface area contributed by atoms with E-state index >= 15 is 0 Å². The van der Waals surface area contributed by atoms with Gasteiger partial charge in [-0.3, -0.25) is 10.1 Å². The molecule has 1 aliphatic carbocycles. The van der Waals surface area contributed by atoms with Crippen LogP contribution in [0.4, 0.5) is 4.79 Å². The van der Waals surface area contributed by atoms with E-state index in [2.05, 4.69) is 10.6 Å². The van der Waals surface area contributed by atoms with Gasteiger partial charge in [0, 0.05) is 6.04 Å². The van der Waals surface area contributed by atoms with Crippen molar-refractivity contribution in [1.82, 2.24) is 10.6 Å². The first kappa shape index (κ1) is 19.8. The molecule has 0 aliphatic heterocycles. The number of esters is 1. The third-order valence-corrected chi connectivity index (χ3v) is 4.25. The van der Waals surface area contributed by atoms with E-state index < -0.39 is 24.5 Å². The lowest BCUT2D eigenvalue weighted by Gasteiger charge is -2.22. The van der Waals surface area contributed by atoms with Gasteiger partial charge in [-0.1, -0.05) is 38.3 Å². The zero-order valence-corrected chi connectivity index (χ0v) is 15.1. The predicted molar refractivity (Wildman–Crippen MR) is 95.8 cm³/mol. The van der Waals surface area contributed by atoms with Gasteiger partial charge in [0.2, 0.25) is 0 Å². The zero-order valence-electron chi connectivity index (χ0n) is 15.1. The topological polar surface area (TPSA) is 93.7 Å². The van der Waals surface area contributed by atoms with E-state index in [1.807, 2.05) is 19.1 Å². The number of benzene rings is 1. The van der Waals surface area contributed by atoms with Gasteiger partial charge in [0.05, 0.1) is 0 Å². The second-order valence-corrected chi connectivity index (χ2v) is 6.30. The average molecular weight is 362 g/mol. The first-order chi connectivity index (χ1) is 12.6. The van der Waals surface area contributed by atoms with Crippen LogP contribution in [0.1, 0.15) is 44.6 Å². The van der Waals surface area contributed by atoms with Gasteiger partial charge in [-0.2, -0.15) is 0 Å². The molecule has 1 aromatic rings. The molecule has 1 aromatic carbocycles. The summed E-state index contributed by atoms with van der Waals surface area (Å²) >= 11 is 0. The van der Waals surface area contributed by atoms with Gasteiger partial charge in [0.15, 0.2) is 13.2 Å². The van der Waals surface area contributed by atoms with Crippen molar-refractivity contribution in [3.05, 3.63) is 29.8 Å². The molecule has 7 nitrogen and oxygen atoms in total. The first-order valence-electron chi connectivity index (χ1n) is 9.04. The maximum atomic E-state index is 11.7. The Morgan fingerprint density at radius 2 is 1.73 bits per heavy atom. The van der Waals surface area contributed by atoms with Crippen LogP contribution < -0.4 is 15.4 Å². The number of nitrogens with one attached hydrogen (secondary N) is 2. The summed E-state index contributed by atoms with van der Waals surface area (Å²) in [5.41, 5.74) is 1.17. The number of carbonyl (C=O) groups is 3. The predicted octanol–water partition coefficient (Wildman–Crippen LogP) is 2.33. The monoisotopic (exact) mass is 362 g/mol. The number of carbonyl (C=O) groups excluding carboxylic acids is 3. The van der Waals surface area contributed by atoms with E-state index in [0.29, 0.717) is 5.75 Å². The Balaban J connectivity index is 1.61. The van der Waals surface area contributed by atoms with Gasteiger partial charge in [-0.15, -0.1) is 0 Å². The lowest BCUT2D eigenvalue weighted by molar-refractivity contribution is -0.150. The number of hydrogen-bond acceptors (Lipinski definition) is 5. The number of amides is 3. The highest BCUT2D eigenvalue weighted by Crippen LogP contribution is 2.17. The highest BCUT2D eigenvalue weighted by atomic mass is 16.6. The number of ether oxygens (including phenoxy) is 2. The highest BCUT2D eigenvalue weighted by molar-refractivity contribution is 5.95. The fourth-order valence-corrected chi connectivity index (χ4v) is 2.78. The van der Waals surface area contributed by atoms with Crippen LogP contribution in [0, 0.1) is 0 Å². The van der Waals surface area contributed by atoms with Crippen molar-refractivity contribution in [3.8, 4) is 5.75 Å². The molecule has 142 valence electrons. The van der Waals surface area contributed by atoms with Gasteiger partial charge >= 0.3 is 12.0 Å². The van der Waals surface area contributed by atoms with Crippen LogP contribution in [0.15, 0.2) is 24.3 Å². The van der Waals surface area contributed by atoms with Crippen molar-refractivity contribution >= 4 is 17.9 Å².